The van der Waals surface area contributed by atoms with Gasteiger partial charge < -0.3 is 14.2 Å². The van der Waals surface area contributed by atoms with Gasteiger partial charge in [0.25, 0.3) is 0 Å². The van der Waals surface area contributed by atoms with E-state index in [0.29, 0.717) is 22.6 Å². The summed E-state index contributed by atoms with van der Waals surface area (Å²) in [6, 6.07) is 10.9. The van der Waals surface area contributed by atoms with Crippen LogP contribution in [0.25, 0.3) is 17.0 Å². The van der Waals surface area contributed by atoms with Gasteiger partial charge >= 0.3 is 5.97 Å². The molecule has 1 aromatic heterocycles. The number of nitrogens with zero attached hydrogens (tertiary/aromatic N) is 1. The van der Waals surface area contributed by atoms with Gasteiger partial charge in [0.05, 0.1) is 18.2 Å². The molecule has 0 saturated heterocycles. The number of ketones is 1. The summed E-state index contributed by atoms with van der Waals surface area (Å²) < 4.78 is 16.8. The highest BCUT2D eigenvalue weighted by atomic mass is 35.5. The molecule has 1 heterocycles. The third-order valence-electron chi connectivity index (χ3n) is 5.40. The highest BCUT2D eigenvalue weighted by molar-refractivity contribution is 6.34. The number of allylic oxidation sites excluding steroid dienone is 1. The first kappa shape index (κ1) is 27.2. The Bertz CT molecular complexity index is 1330. The van der Waals surface area contributed by atoms with Gasteiger partial charge in [0, 0.05) is 11.5 Å². The molecule has 0 bridgehead atoms. The smallest absolute Gasteiger partial charge is 0.350 e. The minimum atomic E-state index is -1.17. The summed E-state index contributed by atoms with van der Waals surface area (Å²) in [5, 5.41) is 0.920. The van der Waals surface area contributed by atoms with Crippen molar-refractivity contribution in [2.75, 3.05) is 7.11 Å². The lowest BCUT2D eigenvalue weighted by molar-refractivity contribution is -0.171. The number of rotatable bonds is 7. The van der Waals surface area contributed by atoms with Crippen LogP contribution in [0.15, 0.2) is 42.5 Å². The lowest BCUT2D eigenvalue weighted by Crippen LogP contribution is -2.43. The fourth-order valence-corrected chi connectivity index (χ4v) is 3.86. The second-order valence-corrected chi connectivity index (χ2v) is 10.5. The van der Waals surface area contributed by atoms with E-state index in [1.54, 1.807) is 45.2 Å². The summed E-state index contributed by atoms with van der Waals surface area (Å²) in [5.74, 6) is 0.568. The van der Waals surface area contributed by atoms with E-state index in [1.165, 1.54) is 6.08 Å². The number of pyridine rings is 1. The van der Waals surface area contributed by atoms with Gasteiger partial charge in [-0.3, -0.25) is 4.79 Å². The molecule has 36 heavy (non-hydrogen) atoms. The molecule has 0 aliphatic heterocycles. The van der Waals surface area contributed by atoms with E-state index in [-0.39, 0.29) is 10.9 Å². The van der Waals surface area contributed by atoms with Crippen molar-refractivity contribution < 1.29 is 23.8 Å². The first-order valence-corrected chi connectivity index (χ1v) is 12.0. The Hall–Kier alpha value is -3.38. The van der Waals surface area contributed by atoms with E-state index in [1.807, 2.05) is 52.8 Å². The number of hydrogen-bond acceptors (Lipinski definition) is 6. The number of aromatic nitrogens is 1. The molecule has 0 atom stereocenters. The van der Waals surface area contributed by atoms with E-state index < -0.39 is 17.2 Å². The largest absolute Gasteiger partial charge is 0.497 e. The van der Waals surface area contributed by atoms with Crippen molar-refractivity contribution in [2.45, 2.75) is 59.7 Å². The molecule has 0 fully saturated rings. The maximum absolute atomic E-state index is 12.9. The standard InChI is InChI=1S/C29H32ClNO5/c1-17-13-19(14-18(2)25(17)35-29(6,7)27(33)36-28(3,4)5)9-12-24(32)22-15-20-10-11-21(34-8)16-23(20)31-26(22)30/h9-16H,1-8H3/b12-9+. The normalized spacial score (nSPS) is 12.1. The number of benzene rings is 2. The van der Waals surface area contributed by atoms with Crippen molar-refractivity contribution in [1.29, 1.82) is 0 Å². The SMILES string of the molecule is COc1ccc2cc(C(=O)/C=C/c3cc(C)c(OC(C)(C)C(=O)OC(C)(C)C)c(C)c3)c(Cl)nc2c1. The molecule has 7 heteroatoms. The Kier molecular flexibility index (Phi) is 7.79. The van der Waals surface area contributed by atoms with Crippen molar-refractivity contribution in [3.05, 3.63) is 69.9 Å². The first-order chi connectivity index (χ1) is 16.7. The molecule has 0 unspecified atom stereocenters. The lowest BCUT2D eigenvalue weighted by atomic mass is 10.0. The molecule has 0 spiro atoms. The van der Waals surface area contributed by atoms with E-state index in [4.69, 9.17) is 25.8 Å². The van der Waals surface area contributed by atoms with Gasteiger partial charge in [0.2, 0.25) is 0 Å². The van der Waals surface area contributed by atoms with E-state index >= 15 is 0 Å². The zero-order valence-electron chi connectivity index (χ0n) is 22.0. The molecule has 6 nitrogen and oxygen atoms in total. The second kappa shape index (κ2) is 10.3. The summed E-state index contributed by atoms with van der Waals surface area (Å²) in [5.41, 5.74) is 1.67. The van der Waals surface area contributed by atoms with Gasteiger partial charge in [-0.15, -0.1) is 0 Å². The number of methoxy groups -OCH3 is 1. The lowest BCUT2D eigenvalue weighted by Gasteiger charge is -2.30. The first-order valence-electron chi connectivity index (χ1n) is 11.6. The molecule has 2 aromatic carbocycles. The summed E-state index contributed by atoms with van der Waals surface area (Å²) in [7, 11) is 1.58. The Morgan fingerprint density at radius 1 is 0.972 bits per heavy atom. The van der Waals surface area contributed by atoms with Gasteiger partial charge in [0.1, 0.15) is 22.3 Å². The number of esters is 1. The van der Waals surface area contributed by atoms with E-state index in [9.17, 15) is 9.59 Å². The monoisotopic (exact) mass is 509 g/mol. The van der Waals surface area contributed by atoms with Crippen molar-refractivity contribution in [3.63, 3.8) is 0 Å². The van der Waals surface area contributed by atoms with Gasteiger partial charge in [-0.25, -0.2) is 9.78 Å². The zero-order chi connectivity index (χ0) is 26.8. The highest BCUT2D eigenvalue weighted by Gasteiger charge is 2.35. The van der Waals surface area contributed by atoms with Crippen LogP contribution in [0, 0.1) is 13.8 Å². The molecule has 0 aliphatic rings. The molecule has 0 saturated carbocycles. The topological polar surface area (TPSA) is 74.7 Å². The van der Waals surface area contributed by atoms with Crippen LogP contribution in [0.5, 0.6) is 11.5 Å². The van der Waals surface area contributed by atoms with Crippen LogP contribution in [-0.2, 0) is 9.53 Å². The average Bonchev–Trinajstić information content (AvgIpc) is 2.77. The Morgan fingerprint density at radius 2 is 1.61 bits per heavy atom. The van der Waals surface area contributed by atoms with Gasteiger partial charge in [0.15, 0.2) is 11.4 Å². The molecule has 190 valence electrons. The molecule has 0 radical (unpaired) electrons. The number of fused-ring (bicyclic) bond motifs is 1. The van der Waals surface area contributed by atoms with Gasteiger partial charge in [-0.2, -0.15) is 0 Å². The van der Waals surface area contributed by atoms with Gasteiger partial charge in [-0.05, 0) is 102 Å². The quantitative estimate of drug-likeness (QED) is 0.149. The molecular formula is C29H32ClNO5. The Morgan fingerprint density at radius 3 is 2.19 bits per heavy atom. The van der Waals surface area contributed by atoms with Gasteiger partial charge in [-0.1, -0.05) is 17.7 Å². The number of carbonyl (C=O) groups is 2. The minimum Gasteiger partial charge on any atom is -0.497 e. The molecule has 3 aromatic rings. The highest BCUT2D eigenvalue weighted by Crippen LogP contribution is 2.31. The van der Waals surface area contributed by atoms with Crippen LogP contribution in [-0.4, -0.2) is 35.0 Å². The number of halogens is 1. The van der Waals surface area contributed by atoms with Crippen molar-refractivity contribution in [3.8, 4) is 11.5 Å². The predicted molar refractivity (Wildman–Crippen MR) is 143 cm³/mol. The van der Waals surface area contributed by atoms with E-state index in [0.717, 1.165) is 22.1 Å². The minimum absolute atomic E-state index is 0.130. The summed E-state index contributed by atoms with van der Waals surface area (Å²) >= 11 is 6.31. The molecule has 0 N–H and O–H groups in total. The van der Waals surface area contributed by atoms with Crippen molar-refractivity contribution in [2.24, 2.45) is 0 Å². The van der Waals surface area contributed by atoms with Crippen LogP contribution < -0.4 is 9.47 Å². The van der Waals surface area contributed by atoms with Crippen LogP contribution in [0.1, 0.15) is 61.7 Å². The Labute approximate surface area is 217 Å². The maximum Gasteiger partial charge on any atom is 0.350 e. The number of aryl methyl sites for hydroxylation is 2. The third kappa shape index (κ3) is 6.43. The van der Waals surface area contributed by atoms with Crippen LogP contribution in [0.2, 0.25) is 5.15 Å². The molecular weight excluding hydrogens is 478 g/mol. The third-order valence-corrected chi connectivity index (χ3v) is 5.69. The predicted octanol–water partition coefficient (Wildman–Crippen LogP) is 6.91. The Balaban J connectivity index is 1.82. The van der Waals surface area contributed by atoms with E-state index in [2.05, 4.69) is 4.98 Å². The number of carbonyl (C=O) groups excluding carboxylic acids is 2. The van der Waals surface area contributed by atoms with Crippen LogP contribution in [0.4, 0.5) is 0 Å². The van der Waals surface area contributed by atoms with Crippen molar-refractivity contribution >= 4 is 40.3 Å². The average molecular weight is 510 g/mol. The number of ether oxygens (including phenoxy) is 3. The fourth-order valence-electron chi connectivity index (χ4n) is 3.62. The zero-order valence-corrected chi connectivity index (χ0v) is 22.7. The van der Waals surface area contributed by atoms with Crippen LogP contribution in [0.3, 0.4) is 0 Å². The van der Waals surface area contributed by atoms with Crippen LogP contribution >= 0.6 is 11.6 Å². The molecule has 0 amide bonds. The second-order valence-electron chi connectivity index (χ2n) is 10.2. The summed E-state index contributed by atoms with van der Waals surface area (Å²) in [6.07, 6.45) is 3.19. The molecule has 0 aliphatic carbocycles. The number of hydrogen-bond donors (Lipinski definition) is 0. The summed E-state index contributed by atoms with van der Waals surface area (Å²) in [6.45, 7) is 12.6. The van der Waals surface area contributed by atoms with Crippen molar-refractivity contribution in [1.82, 2.24) is 4.98 Å². The maximum atomic E-state index is 12.9. The fraction of sp³-hybridized carbons (Fsp3) is 0.345. The molecule has 3 rings (SSSR count). The summed E-state index contributed by atoms with van der Waals surface area (Å²) in [4.78, 5) is 29.9.